The monoisotopic (exact) mass is 397 g/mol. The molecule has 0 aromatic heterocycles. The molecule has 2 aromatic carbocycles. The number of nitrogens with one attached hydrogen (secondary N) is 2. The van der Waals surface area contributed by atoms with E-state index in [4.69, 9.17) is 0 Å². The van der Waals surface area contributed by atoms with Gasteiger partial charge in [0.2, 0.25) is 5.91 Å². The van der Waals surface area contributed by atoms with Crippen molar-refractivity contribution in [3.8, 4) is 0 Å². The minimum absolute atomic E-state index is 0.0560. The van der Waals surface area contributed by atoms with Crippen LogP contribution < -0.4 is 10.6 Å². The molecule has 2 aromatic rings. The van der Waals surface area contributed by atoms with Crippen LogP contribution in [0.1, 0.15) is 48.5 Å². The smallest absolute Gasteiger partial charge is 0.255 e. The summed E-state index contributed by atoms with van der Waals surface area (Å²) in [4.78, 5) is 27.2. The quantitative estimate of drug-likeness (QED) is 0.743. The number of carbonyl (C=O) groups excluding carboxylic acids is 2. The van der Waals surface area contributed by atoms with E-state index < -0.39 is 5.82 Å². The van der Waals surface area contributed by atoms with Gasteiger partial charge in [0.25, 0.3) is 5.91 Å². The zero-order valence-corrected chi connectivity index (χ0v) is 16.8. The number of hydrogen-bond donors (Lipinski definition) is 2. The zero-order valence-electron chi connectivity index (χ0n) is 16.8. The molecule has 0 saturated carbocycles. The summed E-state index contributed by atoms with van der Waals surface area (Å²) in [6, 6.07) is 12.8. The second kappa shape index (κ2) is 10.2. The van der Waals surface area contributed by atoms with Crippen molar-refractivity contribution in [3.63, 3.8) is 0 Å². The highest BCUT2D eigenvalue weighted by Crippen LogP contribution is 2.18. The van der Waals surface area contributed by atoms with Crippen LogP contribution in [0.5, 0.6) is 0 Å². The van der Waals surface area contributed by atoms with Crippen LogP contribution in [0, 0.1) is 5.82 Å². The van der Waals surface area contributed by atoms with Gasteiger partial charge in [0, 0.05) is 17.8 Å². The number of likely N-dealkylation sites (tertiary alicyclic amines) is 1. The highest BCUT2D eigenvalue weighted by atomic mass is 19.1. The molecule has 1 heterocycles. The minimum atomic E-state index is -0.450. The summed E-state index contributed by atoms with van der Waals surface area (Å²) in [5.74, 6) is -0.760. The first-order valence-electron chi connectivity index (χ1n) is 10.2. The number of nitrogens with zero attached hydrogens (tertiary/aromatic N) is 1. The molecular weight excluding hydrogens is 369 g/mol. The Bertz CT molecular complexity index is 854. The second-order valence-corrected chi connectivity index (χ2v) is 7.43. The molecule has 0 bridgehead atoms. The molecule has 154 valence electrons. The van der Waals surface area contributed by atoms with Gasteiger partial charge >= 0.3 is 0 Å². The molecule has 1 aliphatic heterocycles. The molecule has 1 atom stereocenters. The van der Waals surface area contributed by atoms with Crippen molar-refractivity contribution in [2.75, 3.05) is 18.4 Å². The molecule has 1 unspecified atom stereocenters. The molecule has 2 amide bonds. The molecular formula is C23H28FN3O2. The van der Waals surface area contributed by atoms with Gasteiger partial charge in [-0.25, -0.2) is 4.39 Å². The third-order valence-electron chi connectivity index (χ3n) is 5.17. The van der Waals surface area contributed by atoms with E-state index in [1.807, 2.05) is 18.2 Å². The number of halogens is 1. The fraction of sp³-hybridized carbons (Fsp3) is 0.391. The lowest BCUT2D eigenvalue weighted by molar-refractivity contribution is -0.127. The van der Waals surface area contributed by atoms with Crippen LogP contribution in [-0.4, -0.2) is 35.8 Å². The number of piperidine rings is 1. The molecule has 0 radical (unpaired) electrons. The van der Waals surface area contributed by atoms with Gasteiger partial charge in [0.05, 0.1) is 6.04 Å². The first kappa shape index (κ1) is 21.0. The van der Waals surface area contributed by atoms with Crippen molar-refractivity contribution in [1.29, 1.82) is 0 Å². The summed E-state index contributed by atoms with van der Waals surface area (Å²) < 4.78 is 13.3. The Kier molecular flexibility index (Phi) is 7.36. The maximum absolute atomic E-state index is 13.3. The van der Waals surface area contributed by atoms with Crippen molar-refractivity contribution < 1.29 is 14.0 Å². The number of rotatable bonds is 7. The summed E-state index contributed by atoms with van der Waals surface area (Å²) in [6.45, 7) is 4.46. The van der Waals surface area contributed by atoms with Gasteiger partial charge in [-0.15, -0.1) is 0 Å². The Labute approximate surface area is 171 Å². The summed E-state index contributed by atoms with van der Waals surface area (Å²) in [7, 11) is 0. The van der Waals surface area contributed by atoms with Gasteiger partial charge in [0.15, 0.2) is 0 Å². The normalized spacial score (nSPS) is 17.0. The van der Waals surface area contributed by atoms with E-state index in [1.54, 1.807) is 12.1 Å². The van der Waals surface area contributed by atoms with Gasteiger partial charge in [-0.05, 0) is 68.2 Å². The van der Waals surface area contributed by atoms with Gasteiger partial charge in [0.1, 0.15) is 5.82 Å². The van der Waals surface area contributed by atoms with Gasteiger partial charge in [-0.3, -0.25) is 14.5 Å². The van der Waals surface area contributed by atoms with Crippen LogP contribution >= 0.6 is 0 Å². The van der Waals surface area contributed by atoms with Crippen LogP contribution in [-0.2, 0) is 11.3 Å². The molecule has 1 saturated heterocycles. The maximum atomic E-state index is 13.3. The predicted octanol–water partition coefficient (Wildman–Crippen LogP) is 3.96. The van der Waals surface area contributed by atoms with E-state index >= 15 is 0 Å². The highest BCUT2D eigenvalue weighted by Gasteiger charge is 2.27. The molecule has 0 aliphatic carbocycles. The van der Waals surface area contributed by atoms with Crippen LogP contribution in [0.4, 0.5) is 10.1 Å². The Hall–Kier alpha value is -2.73. The number of anilines is 1. The molecule has 3 rings (SSSR count). The van der Waals surface area contributed by atoms with Crippen LogP contribution in [0.25, 0.3) is 0 Å². The number of carbonyl (C=O) groups is 2. The standard InChI is InChI=1S/C23H28FN3O2/c1-2-12-27-13-4-3-11-21(27)23(29)25-16-17-7-5-10-20(14-17)26-22(28)18-8-6-9-19(24)15-18/h5-10,14-15,21H,2-4,11-13,16H2,1H3,(H,25,29)(H,26,28). The van der Waals surface area contributed by atoms with Crippen molar-refractivity contribution in [2.24, 2.45) is 0 Å². The first-order valence-corrected chi connectivity index (χ1v) is 10.2. The van der Waals surface area contributed by atoms with Crippen molar-refractivity contribution in [3.05, 3.63) is 65.5 Å². The molecule has 5 nitrogen and oxygen atoms in total. The summed E-state index contributed by atoms with van der Waals surface area (Å²) in [6.07, 6.45) is 4.17. The Morgan fingerprint density at radius 1 is 1.14 bits per heavy atom. The SMILES string of the molecule is CCCN1CCCCC1C(=O)NCc1cccc(NC(=O)c2cccc(F)c2)c1. The third-order valence-corrected chi connectivity index (χ3v) is 5.17. The number of amides is 2. The van der Waals surface area contributed by atoms with Crippen molar-refractivity contribution >= 4 is 17.5 Å². The van der Waals surface area contributed by atoms with E-state index in [1.165, 1.54) is 18.2 Å². The van der Waals surface area contributed by atoms with Gasteiger partial charge in [-0.1, -0.05) is 31.5 Å². The Morgan fingerprint density at radius 3 is 2.76 bits per heavy atom. The topological polar surface area (TPSA) is 61.4 Å². The lowest BCUT2D eigenvalue weighted by Gasteiger charge is -2.34. The maximum Gasteiger partial charge on any atom is 0.255 e. The average Bonchev–Trinajstić information content (AvgIpc) is 2.73. The number of hydrogen-bond acceptors (Lipinski definition) is 3. The second-order valence-electron chi connectivity index (χ2n) is 7.43. The van der Waals surface area contributed by atoms with E-state index in [0.29, 0.717) is 12.2 Å². The van der Waals surface area contributed by atoms with Gasteiger partial charge in [-0.2, -0.15) is 0 Å². The van der Waals surface area contributed by atoms with E-state index in [0.717, 1.165) is 44.3 Å². The zero-order chi connectivity index (χ0) is 20.6. The fourth-order valence-corrected chi connectivity index (χ4v) is 3.74. The molecule has 6 heteroatoms. The summed E-state index contributed by atoms with van der Waals surface area (Å²) >= 11 is 0. The molecule has 1 fully saturated rings. The van der Waals surface area contributed by atoms with E-state index in [2.05, 4.69) is 22.5 Å². The number of benzene rings is 2. The molecule has 2 N–H and O–H groups in total. The first-order chi connectivity index (χ1) is 14.1. The fourth-order valence-electron chi connectivity index (χ4n) is 3.74. The average molecular weight is 397 g/mol. The Balaban J connectivity index is 1.58. The van der Waals surface area contributed by atoms with Crippen molar-refractivity contribution in [2.45, 2.75) is 45.2 Å². The predicted molar refractivity (Wildman–Crippen MR) is 112 cm³/mol. The summed E-state index contributed by atoms with van der Waals surface area (Å²) in [5, 5.41) is 5.81. The van der Waals surface area contributed by atoms with Crippen LogP contribution in [0.15, 0.2) is 48.5 Å². The van der Waals surface area contributed by atoms with Crippen molar-refractivity contribution in [1.82, 2.24) is 10.2 Å². The highest BCUT2D eigenvalue weighted by molar-refractivity contribution is 6.04. The molecule has 1 aliphatic rings. The van der Waals surface area contributed by atoms with Crippen LogP contribution in [0.2, 0.25) is 0 Å². The molecule has 0 spiro atoms. The minimum Gasteiger partial charge on any atom is -0.351 e. The van der Waals surface area contributed by atoms with E-state index in [9.17, 15) is 14.0 Å². The van der Waals surface area contributed by atoms with Crippen LogP contribution in [0.3, 0.4) is 0 Å². The lowest BCUT2D eigenvalue weighted by atomic mass is 10.0. The third kappa shape index (κ3) is 5.87. The Morgan fingerprint density at radius 2 is 1.97 bits per heavy atom. The largest absolute Gasteiger partial charge is 0.351 e. The summed E-state index contributed by atoms with van der Waals surface area (Å²) in [5.41, 5.74) is 1.77. The van der Waals surface area contributed by atoms with E-state index in [-0.39, 0.29) is 23.4 Å². The molecule has 29 heavy (non-hydrogen) atoms. The lowest BCUT2D eigenvalue weighted by Crippen LogP contribution is -2.49. The van der Waals surface area contributed by atoms with Gasteiger partial charge < -0.3 is 10.6 Å².